The van der Waals surface area contributed by atoms with Crippen LogP contribution in [-0.2, 0) is 27.7 Å². The molecule has 1 aliphatic rings. The first kappa shape index (κ1) is 23.7. The van der Waals surface area contributed by atoms with E-state index < -0.39 is 17.9 Å². The second-order valence-corrected chi connectivity index (χ2v) is 8.50. The summed E-state index contributed by atoms with van der Waals surface area (Å²) < 4.78 is 17.6. The fraction of sp³-hybridized carbons (Fsp3) is 0.400. The third-order valence-electron chi connectivity index (χ3n) is 5.98. The van der Waals surface area contributed by atoms with Gasteiger partial charge in [0, 0.05) is 39.6 Å². The molecule has 2 N–H and O–H groups in total. The Morgan fingerprint density at radius 3 is 2.76 bits per heavy atom. The predicted octanol–water partition coefficient (Wildman–Crippen LogP) is 1.60. The molecule has 0 bridgehead atoms. The number of benzene rings is 2. The molecular formula is C25H28N4O5. The Hall–Kier alpha value is -3.45. The first-order valence-corrected chi connectivity index (χ1v) is 11.2. The molecule has 2 unspecified atom stereocenters. The van der Waals surface area contributed by atoms with Crippen LogP contribution in [0.4, 0.5) is 0 Å². The van der Waals surface area contributed by atoms with Gasteiger partial charge in [0.1, 0.15) is 12.1 Å². The Labute approximate surface area is 197 Å². The highest BCUT2D eigenvalue weighted by Crippen LogP contribution is 2.24. The van der Waals surface area contributed by atoms with Gasteiger partial charge in [-0.25, -0.2) is 4.79 Å². The van der Waals surface area contributed by atoms with Crippen LogP contribution in [0.2, 0.25) is 0 Å². The first-order valence-electron chi connectivity index (χ1n) is 11.2. The number of nitriles is 1. The summed E-state index contributed by atoms with van der Waals surface area (Å²) in [5.74, 6) is -0.508. The Balaban J connectivity index is 1.38. The van der Waals surface area contributed by atoms with Crippen molar-refractivity contribution < 1.29 is 18.7 Å². The van der Waals surface area contributed by atoms with E-state index in [4.69, 9.17) is 13.9 Å². The largest absolute Gasteiger partial charge is 0.419 e. The van der Waals surface area contributed by atoms with Gasteiger partial charge in [0.25, 0.3) is 5.91 Å². The lowest BCUT2D eigenvalue weighted by molar-refractivity contribution is -0.133. The predicted molar refractivity (Wildman–Crippen MR) is 126 cm³/mol. The number of aryl methyl sites for hydroxylation is 1. The highest BCUT2D eigenvalue weighted by Gasteiger charge is 2.26. The lowest BCUT2D eigenvalue weighted by Gasteiger charge is -2.18. The van der Waals surface area contributed by atoms with Gasteiger partial charge in [-0.3, -0.25) is 9.36 Å². The van der Waals surface area contributed by atoms with E-state index in [1.165, 1.54) is 4.57 Å². The third kappa shape index (κ3) is 5.37. The maximum Gasteiger partial charge on any atom is 0.419 e. The minimum absolute atomic E-state index is 0.187. The lowest BCUT2D eigenvalue weighted by atomic mass is 10.0. The molecule has 1 aliphatic heterocycles. The van der Waals surface area contributed by atoms with E-state index in [0.29, 0.717) is 31.8 Å². The summed E-state index contributed by atoms with van der Waals surface area (Å²) in [5, 5.41) is 15.6. The number of aromatic nitrogens is 1. The van der Waals surface area contributed by atoms with Crippen molar-refractivity contribution in [1.29, 1.82) is 5.26 Å². The van der Waals surface area contributed by atoms with Crippen molar-refractivity contribution in [1.82, 2.24) is 15.2 Å². The standard InChI is InChI=1S/C25H28N4O5/c1-29-21-10-19(7-8-22(21)34-25(29)31)18-5-3-16(4-6-18)9-20(11-26)28-24(30)23-13-27-12-17(14-32-2)15-33-23/h3-8,10,17,20,23,27H,9,12-15H2,1-2H3,(H,28,30)/t17?,20?,23-/m0/s1. The number of methoxy groups -OCH3 is 1. The number of carbonyl (C=O) groups is 1. The van der Waals surface area contributed by atoms with Gasteiger partial charge < -0.3 is 24.5 Å². The average molecular weight is 465 g/mol. The number of ether oxygens (including phenoxy) is 2. The van der Waals surface area contributed by atoms with Crippen molar-refractivity contribution in [2.24, 2.45) is 13.0 Å². The number of hydrogen-bond acceptors (Lipinski definition) is 7. The summed E-state index contributed by atoms with van der Waals surface area (Å²) in [4.78, 5) is 24.4. The molecule has 1 saturated heterocycles. The Bertz CT molecular complexity index is 1240. The van der Waals surface area contributed by atoms with Crippen molar-refractivity contribution in [2.75, 3.05) is 33.4 Å². The van der Waals surface area contributed by atoms with Crippen LogP contribution in [0.1, 0.15) is 5.56 Å². The number of amides is 1. The highest BCUT2D eigenvalue weighted by atomic mass is 16.5. The number of carbonyl (C=O) groups excluding carboxylic acids is 1. The number of hydrogen-bond donors (Lipinski definition) is 2. The molecule has 0 radical (unpaired) electrons. The zero-order valence-corrected chi connectivity index (χ0v) is 19.2. The molecule has 1 aromatic heterocycles. The average Bonchev–Trinajstić information content (AvgIpc) is 3.00. The minimum Gasteiger partial charge on any atom is -0.408 e. The molecule has 2 aromatic carbocycles. The van der Waals surface area contributed by atoms with Crippen LogP contribution < -0.4 is 16.4 Å². The normalized spacial score (nSPS) is 19.3. The van der Waals surface area contributed by atoms with Crippen LogP contribution in [0.15, 0.2) is 51.7 Å². The fourth-order valence-electron chi connectivity index (χ4n) is 4.07. The molecule has 3 atom stereocenters. The lowest BCUT2D eigenvalue weighted by Crippen LogP contribution is -2.46. The van der Waals surface area contributed by atoms with Crippen LogP contribution >= 0.6 is 0 Å². The smallest absolute Gasteiger partial charge is 0.408 e. The highest BCUT2D eigenvalue weighted by molar-refractivity contribution is 5.82. The zero-order chi connectivity index (χ0) is 24.1. The molecule has 0 spiro atoms. The van der Waals surface area contributed by atoms with Crippen LogP contribution in [0.3, 0.4) is 0 Å². The molecule has 3 aromatic rings. The van der Waals surface area contributed by atoms with Crippen molar-refractivity contribution in [3.63, 3.8) is 0 Å². The summed E-state index contributed by atoms with van der Waals surface area (Å²) in [6.07, 6.45) is -0.265. The molecule has 9 nitrogen and oxygen atoms in total. The number of rotatable bonds is 7. The van der Waals surface area contributed by atoms with Gasteiger partial charge in [0.15, 0.2) is 5.58 Å². The minimum atomic E-state index is -0.670. The number of oxazole rings is 1. The van der Waals surface area contributed by atoms with Crippen LogP contribution in [-0.4, -0.2) is 56.0 Å². The molecule has 1 fully saturated rings. The molecule has 178 valence electrons. The first-order chi connectivity index (χ1) is 16.5. The Morgan fingerprint density at radius 1 is 1.26 bits per heavy atom. The number of fused-ring (bicyclic) bond motifs is 1. The molecular weight excluding hydrogens is 436 g/mol. The molecule has 9 heteroatoms. The summed E-state index contributed by atoms with van der Waals surface area (Å²) in [7, 11) is 3.31. The third-order valence-corrected chi connectivity index (χ3v) is 5.98. The van der Waals surface area contributed by atoms with E-state index in [1.54, 1.807) is 20.2 Å². The molecule has 2 heterocycles. The Morgan fingerprint density at radius 2 is 2.03 bits per heavy atom. The fourth-order valence-corrected chi connectivity index (χ4v) is 4.07. The topological polar surface area (TPSA) is 119 Å². The van der Waals surface area contributed by atoms with E-state index in [9.17, 15) is 14.9 Å². The van der Waals surface area contributed by atoms with Gasteiger partial charge >= 0.3 is 5.76 Å². The second-order valence-electron chi connectivity index (χ2n) is 8.50. The zero-order valence-electron chi connectivity index (χ0n) is 19.2. The maximum atomic E-state index is 12.7. The van der Waals surface area contributed by atoms with Crippen LogP contribution in [0, 0.1) is 17.2 Å². The SMILES string of the molecule is COCC1CNC[C@@H](C(=O)NC(C#N)Cc2ccc(-c3ccc4oc(=O)n(C)c4c3)cc2)OC1. The van der Waals surface area contributed by atoms with Crippen LogP contribution in [0.5, 0.6) is 0 Å². The van der Waals surface area contributed by atoms with Gasteiger partial charge in [-0.1, -0.05) is 30.3 Å². The quantitative estimate of drug-likeness (QED) is 0.545. The van der Waals surface area contributed by atoms with Gasteiger partial charge in [0.05, 0.1) is 24.8 Å². The van der Waals surface area contributed by atoms with Crippen LogP contribution in [0.25, 0.3) is 22.2 Å². The van der Waals surface area contributed by atoms with E-state index in [2.05, 4.69) is 16.7 Å². The molecule has 1 amide bonds. The van der Waals surface area contributed by atoms with E-state index in [-0.39, 0.29) is 11.8 Å². The summed E-state index contributed by atoms with van der Waals surface area (Å²) in [6.45, 7) is 2.10. The second kappa shape index (κ2) is 10.7. The van der Waals surface area contributed by atoms with Gasteiger partial charge in [-0.05, 0) is 28.8 Å². The summed E-state index contributed by atoms with van der Waals surface area (Å²) in [6, 6.07) is 14.9. The van der Waals surface area contributed by atoms with Crippen molar-refractivity contribution >= 4 is 17.0 Å². The monoisotopic (exact) mass is 464 g/mol. The number of nitrogens with zero attached hydrogens (tertiary/aromatic N) is 2. The van der Waals surface area contributed by atoms with Crippen molar-refractivity contribution in [3.05, 3.63) is 58.6 Å². The molecule has 34 heavy (non-hydrogen) atoms. The van der Waals surface area contributed by atoms with E-state index >= 15 is 0 Å². The summed E-state index contributed by atoms with van der Waals surface area (Å²) in [5.41, 5.74) is 4.11. The number of nitrogens with one attached hydrogen (secondary N) is 2. The maximum absolute atomic E-state index is 12.7. The molecule has 0 saturated carbocycles. The van der Waals surface area contributed by atoms with Gasteiger partial charge in [-0.2, -0.15) is 5.26 Å². The van der Waals surface area contributed by atoms with Gasteiger partial charge in [0.2, 0.25) is 0 Å². The van der Waals surface area contributed by atoms with E-state index in [0.717, 1.165) is 28.8 Å². The van der Waals surface area contributed by atoms with Crippen molar-refractivity contribution in [2.45, 2.75) is 18.6 Å². The Kier molecular flexibility index (Phi) is 7.43. The van der Waals surface area contributed by atoms with Gasteiger partial charge in [-0.15, -0.1) is 0 Å². The van der Waals surface area contributed by atoms with E-state index in [1.807, 2.05) is 36.4 Å². The summed E-state index contributed by atoms with van der Waals surface area (Å²) >= 11 is 0. The molecule has 4 rings (SSSR count). The van der Waals surface area contributed by atoms with Crippen molar-refractivity contribution in [3.8, 4) is 17.2 Å². The molecule has 0 aliphatic carbocycles.